The Bertz CT molecular complexity index is 1110. The van der Waals surface area contributed by atoms with Crippen LogP contribution in [-0.4, -0.2) is 18.3 Å². The summed E-state index contributed by atoms with van der Waals surface area (Å²) in [6, 6.07) is 8.33. The molecule has 28 heavy (non-hydrogen) atoms. The fraction of sp³-hybridized carbons (Fsp3) is 0.286. The van der Waals surface area contributed by atoms with E-state index >= 15 is 0 Å². The summed E-state index contributed by atoms with van der Waals surface area (Å²) in [4.78, 5) is 15.6. The Balaban J connectivity index is 2.16. The van der Waals surface area contributed by atoms with Crippen LogP contribution in [0.3, 0.4) is 0 Å². The Hall–Kier alpha value is -2.83. The minimum absolute atomic E-state index is 0.0822. The van der Waals surface area contributed by atoms with Crippen molar-refractivity contribution in [2.45, 2.75) is 32.4 Å². The molecule has 3 rings (SSSR count). The summed E-state index contributed by atoms with van der Waals surface area (Å²) in [6.45, 7) is 3.93. The highest BCUT2D eigenvalue weighted by molar-refractivity contribution is 5.87. The molecule has 0 atom stereocenters. The number of H-pyrrole nitrogens is 1. The molecule has 0 aliphatic heterocycles. The standard InChI is InChI=1S/C21H19F4NO2/c1-11-9-12(20(2,3)21(23,24)25)5-6-13(11)16-10-17(27)18-15(26-16)8-7-14(22)19(18)28-4/h5-10H,1-4H3,(H,26,27). The molecular formula is C21H19F4NO2. The molecule has 148 valence electrons. The van der Waals surface area contributed by atoms with Gasteiger partial charge in [-0.3, -0.25) is 4.79 Å². The number of fused-ring (bicyclic) bond motifs is 1. The van der Waals surface area contributed by atoms with E-state index in [0.29, 0.717) is 22.3 Å². The summed E-state index contributed by atoms with van der Waals surface area (Å²) in [5.41, 5.74) is -0.340. The third kappa shape index (κ3) is 3.15. The number of aryl methyl sites for hydroxylation is 1. The van der Waals surface area contributed by atoms with Crippen molar-refractivity contribution < 1.29 is 22.3 Å². The summed E-state index contributed by atoms with van der Waals surface area (Å²) in [7, 11) is 1.27. The predicted molar refractivity (Wildman–Crippen MR) is 100 cm³/mol. The third-order valence-electron chi connectivity index (χ3n) is 5.05. The van der Waals surface area contributed by atoms with Gasteiger partial charge in [0.05, 0.1) is 23.4 Å². The van der Waals surface area contributed by atoms with Crippen LogP contribution >= 0.6 is 0 Å². The maximum absolute atomic E-state index is 13.9. The number of nitrogens with one attached hydrogen (secondary N) is 1. The fourth-order valence-electron chi connectivity index (χ4n) is 3.15. The van der Waals surface area contributed by atoms with E-state index in [1.54, 1.807) is 13.0 Å². The maximum atomic E-state index is 13.9. The Morgan fingerprint density at radius 1 is 1.04 bits per heavy atom. The summed E-state index contributed by atoms with van der Waals surface area (Å²) in [5, 5.41) is 0.0822. The van der Waals surface area contributed by atoms with E-state index in [2.05, 4.69) is 4.98 Å². The van der Waals surface area contributed by atoms with Crippen LogP contribution in [0.2, 0.25) is 0 Å². The van der Waals surface area contributed by atoms with Gasteiger partial charge >= 0.3 is 6.18 Å². The molecule has 1 aromatic heterocycles. The first-order valence-electron chi connectivity index (χ1n) is 8.55. The van der Waals surface area contributed by atoms with Gasteiger partial charge in [0.2, 0.25) is 0 Å². The van der Waals surface area contributed by atoms with E-state index in [1.807, 2.05) is 0 Å². The van der Waals surface area contributed by atoms with Crippen LogP contribution in [0.1, 0.15) is 25.0 Å². The molecule has 0 bridgehead atoms. The van der Waals surface area contributed by atoms with Gasteiger partial charge in [-0.2, -0.15) is 13.2 Å². The first-order chi connectivity index (χ1) is 13.0. The van der Waals surface area contributed by atoms with E-state index in [-0.39, 0.29) is 16.7 Å². The lowest BCUT2D eigenvalue weighted by molar-refractivity contribution is -0.180. The maximum Gasteiger partial charge on any atom is 0.397 e. The summed E-state index contributed by atoms with van der Waals surface area (Å²) >= 11 is 0. The topological polar surface area (TPSA) is 42.1 Å². The first-order valence-corrected chi connectivity index (χ1v) is 8.55. The zero-order valence-electron chi connectivity index (χ0n) is 15.8. The molecule has 1 heterocycles. The number of aromatic nitrogens is 1. The van der Waals surface area contributed by atoms with Crippen LogP contribution in [-0.2, 0) is 5.41 Å². The van der Waals surface area contributed by atoms with Crippen LogP contribution in [0.4, 0.5) is 17.6 Å². The Morgan fingerprint density at radius 2 is 1.71 bits per heavy atom. The largest absolute Gasteiger partial charge is 0.493 e. The Morgan fingerprint density at radius 3 is 2.29 bits per heavy atom. The summed E-state index contributed by atoms with van der Waals surface area (Å²) < 4.78 is 58.8. The molecule has 3 nitrogen and oxygen atoms in total. The molecule has 1 N–H and O–H groups in total. The number of alkyl halides is 3. The zero-order chi connectivity index (χ0) is 20.9. The zero-order valence-corrected chi connectivity index (χ0v) is 15.8. The molecule has 0 aliphatic carbocycles. The molecule has 0 saturated carbocycles. The monoisotopic (exact) mass is 393 g/mol. The minimum Gasteiger partial charge on any atom is -0.493 e. The van der Waals surface area contributed by atoms with Crippen molar-refractivity contribution in [1.82, 2.24) is 4.98 Å². The van der Waals surface area contributed by atoms with Crippen LogP contribution in [0, 0.1) is 12.7 Å². The third-order valence-corrected chi connectivity index (χ3v) is 5.05. The summed E-state index contributed by atoms with van der Waals surface area (Å²) in [6.07, 6.45) is -4.39. The van der Waals surface area contributed by atoms with E-state index < -0.39 is 22.8 Å². The molecule has 0 aliphatic rings. The molecule has 0 spiro atoms. The Labute approximate surface area is 159 Å². The van der Waals surface area contributed by atoms with Gasteiger partial charge in [-0.05, 0) is 44.0 Å². The normalized spacial score (nSPS) is 12.4. The minimum atomic E-state index is -4.39. The van der Waals surface area contributed by atoms with Gasteiger partial charge < -0.3 is 9.72 Å². The van der Waals surface area contributed by atoms with Crippen LogP contribution < -0.4 is 10.2 Å². The van der Waals surface area contributed by atoms with Gasteiger partial charge in [-0.25, -0.2) is 4.39 Å². The second-order valence-corrected chi connectivity index (χ2v) is 7.20. The van der Waals surface area contributed by atoms with Crippen molar-refractivity contribution in [2.75, 3.05) is 7.11 Å². The van der Waals surface area contributed by atoms with E-state index in [1.165, 1.54) is 37.4 Å². The van der Waals surface area contributed by atoms with E-state index in [0.717, 1.165) is 13.8 Å². The second kappa shape index (κ2) is 6.65. The van der Waals surface area contributed by atoms with Crippen LogP contribution in [0.5, 0.6) is 5.75 Å². The SMILES string of the molecule is COc1c(F)ccc2[nH]c(-c3ccc(C(C)(C)C(F)(F)F)cc3C)cc(=O)c12. The highest BCUT2D eigenvalue weighted by Gasteiger charge is 2.48. The average molecular weight is 393 g/mol. The smallest absolute Gasteiger partial charge is 0.397 e. The van der Waals surface area contributed by atoms with Crippen molar-refractivity contribution in [3.05, 3.63) is 63.6 Å². The van der Waals surface area contributed by atoms with E-state index in [9.17, 15) is 22.4 Å². The number of rotatable bonds is 3. The average Bonchev–Trinajstić information content (AvgIpc) is 2.60. The molecule has 0 saturated heterocycles. The van der Waals surface area contributed by atoms with Gasteiger partial charge in [0, 0.05) is 17.3 Å². The second-order valence-electron chi connectivity index (χ2n) is 7.20. The molecule has 0 amide bonds. The molecule has 0 unspecified atom stereocenters. The molecule has 3 aromatic rings. The lowest BCUT2D eigenvalue weighted by Gasteiger charge is -2.29. The number of aromatic amines is 1. The number of methoxy groups -OCH3 is 1. The van der Waals surface area contributed by atoms with Gasteiger partial charge in [0.15, 0.2) is 17.0 Å². The highest BCUT2D eigenvalue weighted by Crippen LogP contribution is 2.41. The fourth-order valence-corrected chi connectivity index (χ4v) is 3.15. The van der Waals surface area contributed by atoms with Crippen molar-refractivity contribution in [2.24, 2.45) is 0 Å². The lowest BCUT2D eigenvalue weighted by Crippen LogP contribution is -2.36. The van der Waals surface area contributed by atoms with Crippen LogP contribution in [0.15, 0.2) is 41.2 Å². The number of benzene rings is 2. The van der Waals surface area contributed by atoms with Crippen molar-refractivity contribution in [1.29, 1.82) is 0 Å². The Kier molecular flexibility index (Phi) is 4.73. The molecule has 2 aromatic carbocycles. The number of hydrogen-bond donors (Lipinski definition) is 1. The predicted octanol–water partition coefficient (Wildman–Crippen LogP) is 5.49. The quantitative estimate of drug-likeness (QED) is 0.598. The lowest BCUT2D eigenvalue weighted by atomic mass is 9.82. The van der Waals surface area contributed by atoms with Gasteiger partial charge in [0.25, 0.3) is 0 Å². The van der Waals surface area contributed by atoms with Crippen LogP contribution in [0.25, 0.3) is 22.2 Å². The van der Waals surface area contributed by atoms with E-state index in [4.69, 9.17) is 4.74 Å². The van der Waals surface area contributed by atoms with Gasteiger partial charge in [0.1, 0.15) is 0 Å². The molecule has 0 fully saturated rings. The van der Waals surface area contributed by atoms with Gasteiger partial charge in [-0.1, -0.05) is 18.2 Å². The van der Waals surface area contributed by atoms with Gasteiger partial charge in [-0.15, -0.1) is 0 Å². The molecular weight excluding hydrogens is 374 g/mol. The number of pyridine rings is 1. The van der Waals surface area contributed by atoms with Crippen molar-refractivity contribution >= 4 is 10.9 Å². The highest BCUT2D eigenvalue weighted by atomic mass is 19.4. The molecule has 0 radical (unpaired) electrons. The van der Waals surface area contributed by atoms with Crippen molar-refractivity contribution in [3.8, 4) is 17.0 Å². The number of ether oxygens (including phenoxy) is 1. The number of hydrogen-bond acceptors (Lipinski definition) is 2. The number of halogens is 4. The summed E-state index contributed by atoms with van der Waals surface area (Å²) in [5.74, 6) is -0.799. The van der Waals surface area contributed by atoms with Crippen molar-refractivity contribution in [3.63, 3.8) is 0 Å². The molecule has 7 heteroatoms. The first kappa shape index (κ1) is 19.9.